The fourth-order valence-corrected chi connectivity index (χ4v) is 6.04. The lowest BCUT2D eigenvalue weighted by molar-refractivity contribution is -0.137. The smallest absolute Gasteiger partial charge is 0.388 e. The molecule has 1 aliphatic heterocycles. The zero-order valence-corrected chi connectivity index (χ0v) is 18.2. The van der Waals surface area contributed by atoms with Crippen molar-refractivity contribution in [3.63, 3.8) is 0 Å². The van der Waals surface area contributed by atoms with E-state index in [4.69, 9.17) is 0 Å². The second-order valence-corrected chi connectivity index (χ2v) is 9.67. The fraction of sp³-hybridized carbons (Fsp3) is 0.565. The van der Waals surface area contributed by atoms with Gasteiger partial charge in [0, 0.05) is 48.2 Å². The molecule has 1 saturated heterocycles. The van der Waals surface area contributed by atoms with E-state index in [9.17, 15) is 18.3 Å². The average Bonchev–Trinajstić information content (AvgIpc) is 3.07. The van der Waals surface area contributed by atoms with Crippen molar-refractivity contribution in [2.24, 2.45) is 0 Å². The number of thiophene rings is 1. The molecule has 1 aliphatic carbocycles. The van der Waals surface area contributed by atoms with E-state index in [0.717, 1.165) is 44.1 Å². The van der Waals surface area contributed by atoms with Gasteiger partial charge in [0.15, 0.2) is 0 Å². The molecule has 7 heteroatoms. The van der Waals surface area contributed by atoms with Crippen LogP contribution >= 0.6 is 11.3 Å². The van der Waals surface area contributed by atoms with Crippen LogP contribution in [0, 0.1) is 6.92 Å². The Balaban J connectivity index is 1.31. The summed E-state index contributed by atoms with van der Waals surface area (Å²) in [5, 5.41) is 10.9. The summed E-state index contributed by atoms with van der Waals surface area (Å²) in [6, 6.07) is 5.58. The highest BCUT2D eigenvalue weighted by Crippen LogP contribution is 2.38. The Hall–Kier alpha value is -1.57. The molecule has 1 aromatic heterocycles. The Kier molecular flexibility index (Phi) is 6.42. The van der Waals surface area contributed by atoms with Crippen LogP contribution in [-0.4, -0.2) is 42.7 Å². The molecule has 164 valence electrons. The number of hydrogen-bond acceptors (Lipinski definition) is 4. The molecular formula is C23H29F3N2OS. The summed E-state index contributed by atoms with van der Waals surface area (Å²) in [5.41, 5.74) is 2.59. The molecule has 0 saturated carbocycles. The van der Waals surface area contributed by atoms with Crippen LogP contribution in [-0.2, 0) is 19.0 Å². The van der Waals surface area contributed by atoms with Crippen LogP contribution in [0.2, 0.25) is 0 Å². The second-order valence-electron chi connectivity index (χ2n) is 8.36. The molecule has 0 amide bonds. The number of halogens is 3. The quantitative estimate of drug-likeness (QED) is 0.695. The third kappa shape index (κ3) is 4.68. The first-order chi connectivity index (χ1) is 14.3. The maximum atomic E-state index is 13.0. The Morgan fingerprint density at radius 1 is 1.10 bits per heavy atom. The van der Waals surface area contributed by atoms with Crippen molar-refractivity contribution in [2.45, 2.75) is 51.3 Å². The Morgan fingerprint density at radius 2 is 1.83 bits per heavy atom. The van der Waals surface area contributed by atoms with E-state index in [1.807, 2.05) is 16.2 Å². The molecule has 2 heterocycles. The van der Waals surface area contributed by atoms with Gasteiger partial charge in [-0.1, -0.05) is 6.07 Å². The van der Waals surface area contributed by atoms with E-state index in [1.165, 1.54) is 40.3 Å². The number of fused-ring (bicyclic) bond motifs is 1. The van der Waals surface area contributed by atoms with Crippen LogP contribution in [0.1, 0.15) is 51.8 Å². The normalized spacial score (nSPS) is 19.0. The molecule has 4 rings (SSSR count). The van der Waals surface area contributed by atoms with E-state index >= 15 is 0 Å². The summed E-state index contributed by atoms with van der Waals surface area (Å²) in [5.74, 6) is 0. The summed E-state index contributed by atoms with van der Waals surface area (Å²) in [7, 11) is 0. The lowest BCUT2D eigenvalue weighted by Crippen LogP contribution is -2.46. The van der Waals surface area contributed by atoms with Gasteiger partial charge in [-0.3, -0.25) is 4.90 Å². The minimum absolute atomic E-state index is 0.426. The van der Waals surface area contributed by atoms with Gasteiger partial charge < -0.3 is 10.0 Å². The fourth-order valence-electron chi connectivity index (χ4n) is 4.72. The molecule has 0 bridgehead atoms. The maximum Gasteiger partial charge on any atom is 0.416 e. The molecule has 2 aliphatic rings. The topological polar surface area (TPSA) is 26.7 Å². The van der Waals surface area contributed by atoms with E-state index in [-0.39, 0.29) is 0 Å². The standard InChI is InChI=1S/C23H29F3N2OS/c1-16-22(19-7-2-3-8-21(19)30-16)20(29)9-10-27-11-13-28(14-12-27)18-6-4-5-17(15-18)23(24,25)26/h4-6,15,20,29H,2-3,7-14H2,1H3. The van der Waals surface area contributed by atoms with Gasteiger partial charge in [0.1, 0.15) is 0 Å². The first kappa shape index (κ1) is 21.7. The van der Waals surface area contributed by atoms with Gasteiger partial charge in [-0.2, -0.15) is 13.2 Å². The van der Waals surface area contributed by atoms with Crippen molar-refractivity contribution in [1.29, 1.82) is 0 Å². The Bertz CT molecular complexity index is 872. The highest BCUT2D eigenvalue weighted by atomic mass is 32.1. The Labute approximate surface area is 180 Å². The number of hydrogen-bond donors (Lipinski definition) is 1. The largest absolute Gasteiger partial charge is 0.416 e. The van der Waals surface area contributed by atoms with Gasteiger partial charge in [0.05, 0.1) is 11.7 Å². The monoisotopic (exact) mass is 438 g/mol. The van der Waals surface area contributed by atoms with Gasteiger partial charge in [0.25, 0.3) is 0 Å². The van der Waals surface area contributed by atoms with Crippen molar-refractivity contribution in [1.82, 2.24) is 4.90 Å². The van der Waals surface area contributed by atoms with Crippen LogP contribution in [0.15, 0.2) is 24.3 Å². The third-order valence-corrected chi connectivity index (χ3v) is 7.58. The number of piperazine rings is 1. The highest BCUT2D eigenvalue weighted by Gasteiger charge is 2.31. The van der Waals surface area contributed by atoms with Crippen LogP contribution in [0.4, 0.5) is 18.9 Å². The van der Waals surface area contributed by atoms with Crippen LogP contribution in [0.3, 0.4) is 0 Å². The molecule has 2 aromatic rings. The van der Waals surface area contributed by atoms with E-state index in [0.29, 0.717) is 25.2 Å². The summed E-state index contributed by atoms with van der Waals surface area (Å²) in [6.45, 7) is 5.92. The number of anilines is 1. The molecule has 1 fully saturated rings. The summed E-state index contributed by atoms with van der Waals surface area (Å²) < 4.78 is 38.9. The van der Waals surface area contributed by atoms with Gasteiger partial charge in [-0.05, 0) is 68.4 Å². The first-order valence-corrected chi connectivity index (χ1v) is 11.6. The first-order valence-electron chi connectivity index (χ1n) is 10.8. The van der Waals surface area contributed by atoms with Gasteiger partial charge in [0.2, 0.25) is 0 Å². The number of aliphatic hydroxyl groups excluding tert-OH is 1. The number of nitrogens with zero attached hydrogens (tertiary/aromatic N) is 2. The minimum atomic E-state index is -4.31. The molecule has 0 radical (unpaired) electrons. The van der Waals surface area contributed by atoms with Gasteiger partial charge >= 0.3 is 6.18 Å². The third-order valence-electron chi connectivity index (χ3n) is 6.36. The van der Waals surface area contributed by atoms with Crippen LogP contribution in [0.5, 0.6) is 0 Å². The number of alkyl halides is 3. The van der Waals surface area contributed by atoms with Gasteiger partial charge in [-0.25, -0.2) is 0 Å². The van der Waals surface area contributed by atoms with Crippen molar-refractivity contribution in [3.05, 3.63) is 50.7 Å². The van der Waals surface area contributed by atoms with E-state index in [1.54, 1.807) is 6.07 Å². The zero-order chi connectivity index (χ0) is 21.3. The number of benzene rings is 1. The van der Waals surface area contributed by atoms with Crippen LogP contribution in [0.25, 0.3) is 0 Å². The molecule has 3 nitrogen and oxygen atoms in total. The number of aryl methyl sites for hydroxylation is 2. The van der Waals surface area contributed by atoms with Gasteiger partial charge in [-0.15, -0.1) is 11.3 Å². The second kappa shape index (κ2) is 8.89. The molecule has 0 spiro atoms. The maximum absolute atomic E-state index is 13.0. The van der Waals surface area contributed by atoms with Crippen molar-refractivity contribution < 1.29 is 18.3 Å². The predicted molar refractivity (Wildman–Crippen MR) is 115 cm³/mol. The molecule has 1 aromatic carbocycles. The minimum Gasteiger partial charge on any atom is -0.388 e. The van der Waals surface area contributed by atoms with Crippen molar-refractivity contribution >= 4 is 17.0 Å². The molecular weight excluding hydrogens is 409 g/mol. The summed E-state index contributed by atoms with van der Waals surface area (Å²) in [4.78, 5) is 7.04. The predicted octanol–water partition coefficient (Wildman–Crippen LogP) is 5.20. The Morgan fingerprint density at radius 3 is 2.57 bits per heavy atom. The molecule has 1 atom stereocenters. The number of aliphatic hydroxyl groups is 1. The summed E-state index contributed by atoms with van der Waals surface area (Å²) in [6.07, 6.45) is 0.649. The molecule has 1 N–H and O–H groups in total. The molecule has 1 unspecified atom stereocenters. The summed E-state index contributed by atoms with van der Waals surface area (Å²) >= 11 is 1.85. The van der Waals surface area contributed by atoms with E-state index < -0.39 is 17.8 Å². The van der Waals surface area contributed by atoms with Crippen LogP contribution < -0.4 is 4.90 Å². The highest BCUT2D eigenvalue weighted by molar-refractivity contribution is 7.12. The lowest BCUT2D eigenvalue weighted by Gasteiger charge is -2.36. The molecule has 30 heavy (non-hydrogen) atoms. The van der Waals surface area contributed by atoms with E-state index in [2.05, 4.69) is 11.8 Å². The average molecular weight is 439 g/mol. The van der Waals surface area contributed by atoms with Crippen molar-refractivity contribution in [2.75, 3.05) is 37.6 Å². The zero-order valence-electron chi connectivity index (χ0n) is 17.3. The SMILES string of the molecule is Cc1sc2c(c1C(O)CCN1CCN(c3cccc(C(F)(F)F)c3)CC1)CCCC2. The van der Waals surface area contributed by atoms with Crippen molar-refractivity contribution in [3.8, 4) is 0 Å². The number of rotatable bonds is 5. The lowest BCUT2D eigenvalue weighted by atomic mass is 9.91.